The summed E-state index contributed by atoms with van der Waals surface area (Å²) in [5.74, 6) is -1.76. The number of rotatable bonds is 3. The van der Waals surface area contributed by atoms with E-state index in [1.165, 1.54) is 12.3 Å². The zero-order chi connectivity index (χ0) is 16.6. The first-order chi connectivity index (χ1) is 10.8. The highest BCUT2D eigenvalue weighted by molar-refractivity contribution is 5.59. The van der Waals surface area contributed by atoms with E-state index in [-0.39, 0.29) is 23.4 Å². The largest absolute Gasteiger partial charge is 0.471 e. The molecule has 0 aliphatic carbocycles. The van der Waals surface area contributed by atoms with E-state index in [4.69, 9.17) is 0 Å². The van der Waals surface area contributed by atoms with Crippen LogP contribution in [0.5, 0.6) is 0 Å². The maximum absolute atomic E-state index is 12.6. The Kier molecular flexibility index (Phi) is 3.51. The van der Waals surface area contributed by atoms with Crippen molar-refractivity contribution in [3.05, 3.63) is 51.5 Å². The van der Waals surface area contributed by atoms with Gasteiger partial charge in [-0.05, 0) is 19.1 Å². The maximum atomic E-state index is 12.6. The molecule has 0 radical (unpaired) electrons. The number of nitrogens with one attached hydrogen (secondary N) is 2. The lowest BCUT2D eigenvalue weighted by atomic mass is 10.0. The highest BCUT2D eigenvalue weighted by Gasteiger charge is 2.38. The summed E-state index contributed by atoms with van der Waals surface area (Å²) in [6.45, 7) is 1.79. The van der Waals surface area contributed by atoms with Gasteiger partial charge in [0.2, 0.25) is 5.82 Å². The fourth-order valence-corrected chi connectivity index (χ4v) is 2.09. The second-order valence-electron chi connectivity index (χ2n) is 4.84. The van der Waals surface area contributed by atoms with Crippen LogP contribution in [0.25, 0.3) is 11.4 Å². The molecular weight excluding hydrogens is 315 g/mol. The van der Waals surface area contributed by atoms with Crippen molar-refractivity contribution in [3.8, 4) is 11.4 Å². The number of hydrogen-bond donors (Lipinski definition) is 2. The molecule has 3 rings (SSSR count). The number of pyridine rings is 1. The molecule has 120 valence electrons. The maximum Gasteiger partial charge on any atom is 0.471 e. The van der Waals surface area contributed by atoms with Crippen molar-refractivity contribution in [2.24, 2.45) is 0 Å². The van der Waals surface area contributed by atoms with Gasteiger partial charge in [-0.25, -0.2) is 0 Å². The van der Waals surface area contributed by atoms with Crippen LogP contribution >= 0.6 is 0 Å². The third-order valence-corrected chi connectivity index (χ3v) is 3.09. The van der Waals surface area contributed by atoms with Crippen molar-refractivity contribution < 1.29 is 17.7 Å². The molecule has 0 fully saturated rings. The monoisotopic (exact) mass is 325 g/mol. The van der Waals surface area contributed by atoms with Crippen LogP contribution in [0, 0.1) is 6.92 Å². The highest BCUT2D eigenvalue weighted by atomic mass is 19.4. The molecule has 2 N–H and O–H groups in total. The Bertz CT molecular complexity index is 893. The third kappa shape index (κ3) is 3.00. The Morgan fingerprint density at radius 1 is 1.35 bits per heavy atom. The lowest BCUT2D eigenvalue weighted by Gasteiger charge is -2.03. The van der Waals surface area contributed by atoms with E-state index in [1.54, 1.807) is 13.0 Å². The van der Waals surface area contributed by atoms with Gasteiger partial charge in [0.15, 0.2) is 0 Å². The Morgan fingerprint density at radius 3 is 2.74 bits per heavy atom. The molecule has 3 aromatic rings. The fourth-order valence-electron chi connectivity index (χ4n) is 2.09. The van der Waals surface area contributed by atoms with Crippen LogP contribution in [0.1, 0.15) is 22.8 Å². The summed E-state index contributed by atoms with van der Waals surface area (Å²) in [4.78, 5) is 17.8. The fraction of sp³-hybridized carbons (Fsp3) is 0.231. The van der Waals surface area contributed by atoms with E-state index in [0.717, 1.165) is 5.69 Å². The first-order valence-electron chi connectivity index (χ1n) is 6.47. The van der Waals surface area contributed by atoms with Gasteiger partial charge in [0.1, 0.15) is 0 Å². The SMILES string of the molecule is Cc1cc(Cc2c(-c3noc(C(F)(F)F)n3)cc[nH]c2=O)n[nH]1. The van der Waals surface area contributed by atoms with Crippen molar-refractivity contribution in [1.82, 2.24) is 25.3 Å². The first-order valence-corrected chi connectivity index (χ1v) is 6.47. The van der Waals surface area contributed by atoms with Gasteiger partial charge in [-0.2, -0.15) is 23.3 Å². The van der Waals surface area contributed by atoms with Crippen molar-refractivity contribution in [1.29, 1.82) is 0 Å². The molecule has 0 atom stereocenters. The first kappa shape index (κ1) is 15.0. The molecule has 0 bridgehead atoms. The van der Waals surface area contributed by atoms with E-state index in [9.17, 15) is 18.0 Å². The number of aryl methyl sites for hydroxylation is 1. The zero-order valence-electron chi connectivity index (χ0n) is 11.7. The molecule has 0 unspecified atom stereocenters. The number of H-pyrrole nitrogens is 2. The van der Waals surface area contributed by atoms with E-state index >= 15 is 0 Å². The van der Waals surface area contributed by atoms with Crippen LogP contribution in [0.15, 0.2) is 27.6 Å². The normalized spacial score (nSPS) is 11.8. The summed E-state index contributed by atoms with van der Waals surface area (Å²) in [5.41, 5.74) is 1.27. The predicted octanol–water partition coefficient (Wildman–Crippen LogP) is 2.07. The third-order valence-electron chi connectivity index (χ3n) is 3.09. The molecule has 10 heteroatoms. The Hall–Kier alpha value is -2.91. The van der Waals surface area contributed by atoms with E-state index in [2.05, 4.69) is 29.8 Å². The minimum Gasteiger partial charge on any atom is -0.329 e. The number of alkyl halides is 3. The van der Waals surface area contributed by atoms with Gasteiger partial charge in [-0.3, -0.25) is 9.89 Å². The molecule has 7 nitrogen and oxygen atoms in total. The van der Waals surface area contributed by atoms with Crippen LogP contribution in [0.2, 0.25) is 0 Å². The number of aromatic nitrogens is 5. The molecule has 0 aliphatic heterocycles. The number of halogens is 3. The van der Waals surface area contributed by atoms with Crippen molar-refractivity contribution in [2.75, 3.05) is 0 Å². The average molecular weight is 325 g/mol. The number of hydrogen-bond acceptors (Lipinski definition) is 5. The summed E-state index contributed by atoms with van der Waals surface area (Å²) in [6, 6.07) is 3.15. The van der Waals surface area contributed by atoms with Crippen LogP contribution in [-0.2, 0) is 12.6 Å². The lowest BCUT2D eigenvalue weighted by molar-refractivity contribution is -0.159. The molecule has 0 amide bonds. The van der Waals surface area contributed by atoms with Gasteiger partial charge in [0.25, 0.3) is 5.56 Å². The predicted molar refractivity (Wildman–Crippen MR) is 71.5 cm³/mol. The van der Waals surface area contributed by atoms with E-state index in [1.807, 2.05) is 0 Å². The van der Waals surface area contributed by atoms with Gasteiger partial charge >= 0.3 is 12.1 Å². The van der Waals surface area contributed by atoms with Gasteiger partial charge in [0.05, 0.1) is 5.69 Å². The van der Waals surface area contributed by atoms with E-state index in [0.29, 0.717) is 5.69 Å². The highest BCUT2D eigenvalue weighted by Crippen LogP contribution is 2.30. The van der Waals surface area contributed by atoms with Crippen LogP contribution in [0.3, 0.4) is 0 Å². The molecule has 3 aromatic heterocycles. The minimum absolute atomic E-state index is 0.117. The van der Waals surface area contributed by atoms with Crippen molar-refractivity contribution >= 4 is 0 Å². The van der Waals surface area contributed by atoms with Gasteiger partial charge < -0.3 is 9.51 Å². The summed E-state index contributed by atoms with van der Waals surface area (Å²) >= 11 is 0. The molecule has 0 saturated heterocycles. The summed E-state index contributed by atoms with van der Waals surface area (Å²) < 4.78 is 41.9. The van der Waals surface area contributed by atoms with Gasteiger partial charge in [0, 0.05) is 29.4 Å². The molecule has 3 heterocycles. The molecule has 0 saturated carbocycles. The second kappa shape index (κ2) is 5.38. The Morgan fingerprint density at radius 2 is 2.13 bits per heavy atom. The van der Waals surface area contributed by atoms with Crippen molar-refractivity contribution in [3.63, 3.8) is 0 Å². The summed E-state index contributed by atoms with van der Waals surface area (Å²) in [7, 11) is 0. The average Bonchev–Trinajstić information content (AvgIpc) is 3.10. The molecule has 0 aromatic carbocycles. The molecule has 0 aliphatic rings. The summed E-state index contributed by atoms with van der Waals surface area (Å²) in [5, 5.41) is 10.1. The summed E-state index contributed by atoms with van der Waals surface area (Å²) in [6.07, 6.45) is -3.32. The quantitative estimate of drug-likeness (QED) is 0.768. The van der Waals surface area contributed by atoms with Crippen LogP contribution in [0.4, 0.5) is 13.2 Å². The van der Waals surface area contributed by atoms with Gasteiger partial charge in [-0.1, -0.05) is 5.16 Å². The molecule has 23 heavy (non-hydrogen) atoms. The number of nitrogens with zero attached hydrogens (tertiary/aromatic N) is 3. The van der Waals surface area contributed by atoms with Crippen molar-refractivity contribution in [2.45, 2.75) is 19.5 Å². The second-order valence-corrected chi connectivity index (χ2v) is 4.84. The zero-order valence-corrected chi connectivity index (χ0v) is 11.7. The smallest absolute Gasteiger partial charge is 0.329 e. The number of aromatic amines is 2. The van der Waals surface area contributed by atoms with Crippen LogP contribution in [-0.4, -0.2) is 25.3 Å². The molecule has 0 spiro atoms. The van der Waals surface area contributed by atoms with E-state index < -0.39 is 17.6 Å². The Labute approximate surface area is 126 Å². The minimum atomic E-state index is -4.74. The topological polar surface area (TPSA) is 100 Å². The van der Waals surface area contributed by atoms with Crippen LogP contribution < -0.4 is 5.56 Å². The van der Waals surface area contributed by atoms with Gasteiger partial charge in [-0.15, -0.1) is 0 Å². The molecular formula is C13H10F3N5O2. The standard InChI is InChI=1S/C13H10F3N5O2/c1-6-4-7(20-19-6)5-9-8(2-3-17-11(9)22)10-18-12(23-21-10)13(14,15)16/h2-4H,5H2,1H3,(H,17,22)(H,19,20). The lowest BCUT2D eigenvalue weighted by Crippen LogP contribution is -2.14. The Balaban J connectivity index is 2.04.